The molecule has 0 saturated carbocycles. The zero-order valence-electron chi connectivity index (χ0n) is 12.2. The van der Waals surface area contributed by atoms with Crippen LogP contribution >= 0.6 is 0 Å². The fraction of sp³-hybridized carbons (Fsp3) is 0.357. The Morgan fingerprint density at radius 1 is 1.27 bits per heavy atom. The summed E-state index contributed by atoms with van der Waals surface area (Å²) in [6, 6.07) is 7.27. The molecule has 7 nitrogen and oxygen atoms in total. The van der Waals surface area contributed by atoms with E-state index in [0.29, 0.717) is 17.2 Å². The lowest BCUT2D eigenvalue weighted by atomic mass is 10.2. The minimum atomic E-state index is -3.70. The number of fused-ring (bicyclic) bond motifs is 1. The van der Waals surface area contributed by atoms with Gasteiger partial charge in [0.25, 0.3) is 0 Å². The fourth-order valence-electron chi connectivity index (χ4n) is 2.30. The minimum absolute atomic E-state index is 0.0737. The summed E-state index contributed by atoms with van der Waals surface area (Å²) in [6.07, 6.45) is -0.398. The van der Waals surface area contributed by atoms with E-state index >= 15 is 0 Å². The normalized spacial score (nSPS) is 17.5. The molecule has 3 rings (SSSR count). The van der Waals surface area contributed by atoms with Crippen LogP contribution in [0.3, 0.4) is 0 Å². The lowest BCUT2D eigenvalue weighted by Gasteiger charge is -2.26. The Morgan fingerprint density at radius 3 is 2.68 bits per heavy atom. The van der Waals surface area contributed by atoms with E-state index < -0.39 is 16.1 Å². The van der Waals surface area contributed by atoms with Crippen LogP contribution in [0.15, 0.2) is 33.7 Å². The predicted octanol–water partition coefficient (Wildman–Crippen LogP) is 1.41. The fourth-order valence-corrected chi connectivity index (χ4v) is 3.69. The van der Waals surface area contributed by atoms with Crippen LogP contribution in [-0.4, -0.2) is 32.8 Å². The van der Waals surface area contributed by atoms with Crippen molar-refractivity contribution in [3.63, 3.8) is 0 Å². The maximum atomic E-state index is 12.3. The first-order valence-electron chi connectivity index (χ1n) is 6.78. The molecule has 1 atom stereocenters. The molecule has 0 amide bonds. The van der Waals surface area contributed by atoms with Gasteiger partial charge in [-0.25, -0.2) is 13.1 Å². The Kier molecular flexibility index (Phi) is 3.79. The largest absolute Gasteiger partial charge is 0.486 e. The Labute approximate surface area is 128 Å². The second-order valence-electron chi connectivity index (χ2n) is 5.00. The number of hydrogen-bond acceptors (Lipinski definition) is 6. The molecule has 0 bridgehead atoms. The van der Waals surface area contributed by atoms with E-state index in [4.69, 9.17) is 14.0 Å². The van der Waals surface area contributed by atoms with Gasteiger partial charge in [0.2, 0.25) is 10.0 Å². The van der Waals surface area contributed by atoms with Crippen LogP contribution in [0, 0.1) is 13.8 Å². The van der Waals surface area contributed by atoms with Crippen LogP contribution in [0.4, 0.5) is 0 Å². The quantitative estimate of drug-likeness (QED) is 0.914. The summed E-state index contributed by atoms with van der Waals surface area (Å²) >= 11 is 0. The van der Waals surface area contributed by atoms with Crippen molar-refractivity contribution in [3.8, 4) is 11.5 Å². The van der Waals surface area contributed by atoms with E-state index in [0.717, 1.165) is 0 Å². The number of aryl methyl sites for hydroxylation is 2. The molecule has 2 heterocycles. The lowest BCUT2D eigenvalue weighted by Crippen LogP contribution is -2.40. The Balaban J connectivity index is 1.69. The van der Waals surface area contributed by atoms with Crippen LogP contribution in [0.1, 0.15) is 11.5 Å². The van der Waals surface area contributed by atoms with Gasteiger partial charge >= 0.3 is 0 Å². The lowest BCUT2D eigenvalue weighted by molar-refractivity contribution is 0.0943. The van der Waals surface area contributed by atoms with Gasteiger partial charge in [-0.1, -0.05) is 17.3 Å². The van der Waals surface area contributed by atoms with Gasteiger partial charge in [0.05, 0.1) is 6.54 Å². The van der Waals surface area contributed by atoms with Gasteiger partial charge < -0.3 is 14.0 Å². The van der Waals surface area contributed by atoms with Crippen molar-refractivity contribution in [2.45, 2.75) is 24.8 Å². The van der Waals surface area contributed by atoms with Gasteiger partial charge in [0, 0.05) is 0 Å². The maximum Gasteiger partial charge on any atom is 0.246 e. The van der Waals surface area contributed by atoms with Gasteiger partial charge in [-0.3, -0.25) is 0 Å². The first-order chi connectivity index (χ1) is 10.5. The second kappa shape index (κ2) is 5.62. The molecular formula is C14H16N2O5S. The molecule has 0 spiro atoms. The number of ether oxygens (including phenoxy) is 2. The standard InChI is InChI=1S/C14H16N2O5S/c1-9-14(10(2)21-16-9)22(17,18)15-7-11-8-19-12-5-3-4-6-13(12)20-11/h3-6,11,15H,7-8H2,1-2H3. The number of nitrogens with one attached hydrogen (secondary N) is 1. The molecule has 22 heavy (non-hydrogen) atoms. The van der Waals surface area contributed by atoms with Crippen molar-refractivity contribution in [2.24, 2.45) is 0 Å². The van der Waals surface area contributed by atoms with Crippen LogP contribution in [-0.2, 0) is 10.0 Å². The molecule has 1 aromatic carbocycles. The van der Waals surface area contributed by atoms with Gasteiger partial charge in [0.1, 0.15) is 23.3 Å². The van der Waals surface area contributed by atoms with Gasteiger partial charge in [-0.05, 0) is 26.0 Å². The van der Waals surface area contributed by atoms with Crippen molar-refractivity contribution < 1.29 is 22.4 Å². The number of nitrogens with zero attached hydrogens (tertiary/aromatic N) is 1. The zero-order chi connectivity index (χ0) is 15.7. The summed E-state index contributed by atoms with van der Waals surface area (Å²) in [7, 11) is -3.70. The highest BCUT2D eigenvalue weighted by Gasteiger charge is 2.27. The monoisotopic (exact) mass is 324 g/mol. The molecule has 8 heteroatoms. The average Bonchev–Trinajstić information content (AvgIpc) is 2.85. The van der Waals surface area contributed by atoms with Gasteiger partial charge in [-0.15, -0.1) is 0 Å². The summed E-state index contributed by atoms with van der Waals surface area (Å²) in [6.45, 7) is 3.52. The highest BCUT2D eigenvalue weighted by atomic mass is 32.2. The SMILES string of the molecule is Cc1noc(C)c1S(=O)(=O)NCC1COc2ccccc2O1. The molecule has 0 radical (unpaired) electrons. The third-order valence-electron chi connectivity index (χ3n) is 3.31. The zero-order valence-corrected chi connectivity index (χ0v) is 13.0. The Hall–Kier alpha value is -2.06. The number of aromatic nitrogens is 1. The molecule has 1 N–H and O–H groups in total. The van der Waals surface area contributed by atoms with Crippen LogP contribution in [0.2, 0.25) is 0 Å². The molecule has 0 aliphatic carbocycles. The summed E-state index contributed by atoms with van der Waals surface area (Å²) in [5.41, 5.74) is 0.330. The molecule has 0 fully saturated rings. The van der Waals surface area contributed by atoms with Crippen molar-refractivity contribution in [3.05, 3.63) is 35.7 Å². The van der Waals surface area contributed by atoms with E-state index in [9.17, 15) is 8.42 Å². The van der Waals surface area contributed by atoms with Crippen LogP contribution in [0.5, 0.6) is 11.5 Å². The van der Waals surface area contributed by atoms with E-state index in [1.807, 2.05) is 12.1 Å². The minimum Gasteiger partial charge on any atom is -0.486 e. The molecule has 118 valence electrons. The van der Waals surface area contributed by atoms with Crippen LogP contribution in [0.25, 0.3) is 0 Å². The number of sulfonamides is 1. The average molecular weight is 324 g/mol. The molecule has 1 unspecified atom stereocenters. The third kappa shape index (κ3) is 2.79. The summed E-state index contributed by atoms with van der Waals surface area (Å²) in [5.74, 6) is 1.53. The Bertz CT molecular complexity index is 765. The molecule has 1 aliphatic rings. The van der Waals surface area contributed by atoms with Crippen molar-refractivity contribution in [2.75, 3.05) is 13.2 Å². The summed E-state index contributed by atoms with van der Waals surface area (Å²) in [5, 5.41) is 3.66. The van der Waals surface area contributed by atoms with E-state index in [1.54, 1.807) is 26.0 Å². The molecular weight excluding hydrogens is 308 g/mol. The first kappa shape index (κ1) is 14.9. The van der Waals surface area contributed by atoms with E-state index in [2.05, 4.69) is 9.88 Å². The van der Waals surface area contributed by atoms with Crippen molar-refractivity contribution in [1.82, 2.24) is 9.88 Å². The van der Waals surface area contributed by atoms with Crippen molar-refractivity contribution >= 4 is 10.0 Å². The molecule has 2 aromatic rings. The second-order valence-corrected chi connectivity index (χ2v) is 6.71. The predicted molar refractivity (Wildman–Crippen MR) is 77.5 cm³/mol. The molecule has 1 aromatic heterocycles. The Morgan fingerprint density at radius 2 is 2.00 bits per heavy atom. The van der Waals surface area contributed by atoms with Gasteiger partial charge in [0.15, 0.2) is 17.3 Å². The van der Waals surface area contributed by atoms with E-state index in [-0.39, 0.29) is 23.8 Å². The highest BCUT2D eigenvalue weighted by Crippen LogP contribution is 2.30. The number of hydrogen-bond donors (Lipinski definition) is 1. The number of para-hydroxylation sites is 2. The number of rotatable bonds is 4. The summed E-state index contributed by atoms with van der Waals surface area (Å²) in [4.78, 5) is 0.0737. The number of benzene rings is 1. The molecule has 0 saturated heterocycles. The third-order valence-corrected chi connectivity index (χ3v) is 4.97. The smallest absolute Gasteiger partial charge is 0.246 e. The highest BCUT2D eigenvalue weighted by molar-refractivity contribution is 7.89. The molecule has 1 aliphatic heterocycles. The topological polar surface area (TPSA) is 90.7 Å². The van der Waals surface area contributed by atoms with Crippen molar-refractivity contribution in [1.29, 1.82) is 0 Å². The first-order valence-corrected chi connectivity index (χ1v) is 8.27. The van der Waals surface area contributed by atoms with Gasteiger partial charge in [-0.2, -0.15) is 0 Å². The van der Waals surface area contributed by atoms with Crippen LogP contribution < -0.4 is 14.2 Å². The summed E-state index contributed by atoms with van der Waals surface area (Å²) < 4.78 is 43.3. The van der Waals surface area contributed by atoms with E-state index in [1.165, 1.54) is 0 Å². The maximum absolute atomic E-state index is 12.3.